The van der Waals surface area contributed by atoms with Crippen LogP contribution in [0.25, 0.3) is 0 Å². The molecule has 7 heteroatoms. The zero-order valence-electron chi connectivity index (χ0n) is 11.6. The number of hydrogen-bond acceptors (Lipinski definition) is 4. The van der Waals surface area contributed by atoms with Gasteiger partial charge in [0.25, 0.3) is 10.0 Å². The van der Waals surface area contributed by atoms with Gasteiger partial charge >= 0.3 is 0 Å². The summed E-state index contributed by atoms with van der Waals surface area (Å²) in [6.07, 6.45) is 3.00. The monoisotopic (exact) mass is 316 g/mol. The third kappa shape index (κ3) is 3.59. The van der Waals surface area contributed by atoms with E-state index < -0.39 is 10.0 Å². The van der Waals surface area contributed by atoms with Crippen LogP contribution in [0.2, 0.25) is 0 Å². The number of nitrogens with one attached hydrogen (secondary N) is 1. The molecule has 2 rings (SSSR count). The molecule has 0 bridgehead atoms. The van der Waals surface area contributed by atoms with Crippen molar-refractivity contribution in [3.8, 4) is 0 Å². The van der Waals surface area contributed by atoms with Gasteiger partial charge in [-0.25, -0.2) is 8.42 Å². The lowest BCUT2D eigenvalue weighted by molar-refractivity contribution is -0.120. The number of carbonyl (C=O) groups is 1. The topological polar surface area (TPSA) is 66.5 Å². The maximum absolute atomic E-state index is 12.3. The van der Waals surface area contributed by atoms with Crippen LogP contribution in [0.4, 0.5) is 0 Å². The molecule has 0 unspecified atom stereocenters. The minimum absolute atomic E-state index is 0.0566. The summed E-state index contributed by atoms with van der Waals surface area (Å²) in [6.45, 7) is 3.86. The van der Waals surface area contributed by atoms with Crippen LogP contribution < -0.4 is 5.32 Å². The molecular weight excluding hydrogens is 296 g/mol. The van der Waals surface area contributed by atoms with Gasteiger partial charge < -0.3 is 5.32 Å². The zero-order chi connectivity index (χ0) is 14.6. The number of thiophene rings is 1. The van der Waals surface area contributed by atoms with Crippen molar-refractivity contribution < 1.29 is 13.2 Å². The van der Waals surface area contributed by atoms with E-state index in [1.54, 1.807) is 12.1 Å². The van der Waals surface area contributed by atoms with Crippen molar-refractivity contribution >= 4 is 27.3 Å². The molecule has 0 aliphatic carbocycles. The molecule has 1 aliphatic rings. The molecular formula is C13H20N2O3S2. The van der Waals surface area contributed by atoms with E-state index in [1.165, 1.54) is 15.6 Å². The van der Waals surface area contributed by atoms with Gasteiger partial charge in [0.2, 0.25) is 5.91 Å². The predicted molar refractivity (Wildman–Crippen MR) is 79.3 cm³/mol. The van der Waals surface area contributed by atoms with E-state index in [1.807, 2.05) is 6.92 Å². The quantitative estimate of drug-likeness (QED) is 0.867. The first-order chi connectivity index (χ1) is 9.54. The summed E-state index contributed by atoms with van der Waals surface area (Å²) >= 11 is 1.20. The van der Waals surface area contributed by atoms with Gasteiger partial charge in [0.1, 0.15) is 4.21 Å². The number of amides is 1. The normalized spacial score (nSPS) is 16.4. The van der Waals surface area contributed by atoms with Gasteiger partial charge in [-0.2, -0.15) is 4.31 Å². The van der Waals surface area contributed by atoms with Crippen LogP contribution in [0.15, 0.2) is 16.3 Å². The Kier molecular flexibility index (Phi) is 5.17. The van der Waals surface area contributed by atoms with Gasteiger partial charge in [0.15, 0.2) is 0 Å². The van der Waals surface area contributed by atoms with Gasteiger partial charge in [-0.1, -0.05) is 6.92 Å². The van der Waals surface area contributed by atoms with E-state index in [4.69, 9.17) is 0 Å². The molecule has 1 fully saturated rings. The third-order valence-corrected chi connectivity index (χ3v) is 6.65. The van der Waals surface area contributed by atoms with Gasteiger partial charge in [0.05, 0.1) is 6.42 Å². The molecule has 5 nitrogen and oxygen atoms in total. The average molecular weight is 316 g/mol. The first kappa shape index (κ1) is 15.5. The van der Waals surface area contributed by atoms with Gasteiger partial charge in [-0.05, 0) is 31.4 Å². The molecule has 2 heterocycles. The first-order valence-electron chi connectivity index (χ1n) is 6.89. The Morgan fingerprint density at radius 1 is 1.35 bits per heavy atom. The molecule has 0 aromatic carbocycles. The van der Waals surface area contributed by atoms with Crippen molar-refractivity contribution in [2.45, 2.75) is 36.8 Å². The van der Waals surface area contributed by atoms with Crippen molar-refractivity contribution in [3.05, 3.63) is 17.0 Å². The van der Waals surface area contributed by atoms with Crippen molar-refractivity contribution in [2.75, 3.05) is 19.6 Å². The number of sulfonamides is 1. The fraction of sp³-hybridized carbons (Fsp3) is 0.615. The van der Waals surface area contributed by atoms with E-state index >= 15 is 0 Å². The highest BCUT2D eigenvalue weighted by Gasteiger charge is 2.28. The number of nitrogens with zero attached hydrogens (tertiary/aromatic N) is 1. The Hall–Kier alpha value is -0.920. The van der Waals surface area contributed by atoms with E-state index in [0.29, 0.717) is 23.8 Å². The Morgan fingerprint density at radius 3 is 2.70 bits per heavy atom. The highest BCUT2D eigenvalue weighted by atomic mass is 32.2. The number of rotatable bonds is 6. The Bertz CT molecular complexity index is 560. The van der Waals surface area contributed by atoms with Crippen LogP contribution in [-0.2, 0) is 21.2 Å². The molecule has 0 saturated carbocycles. The molecule has 1 aliphatic heterocycles. The lowest BCUT2D eigenvalue weighted by Gasteiger charge is -2.13. The lowest BCUT2D eigenvalue weighted by Crippen LogP contribution is -2.27. The third-order valence-electron chi connectivity index (χ3n) is 3.20. The summed E-state index contributed by atoms with van der Waals surface area (Å²) in [5.74, 6) is -0.0566. The van der Waals surface area contributed by atoms with Crippen molar-refractivity contribution in [1.29, 1.82) is 0 Å². The Labute approximate surface area is 124 Å². The second-order valence-corrected chi connectivity index (χ2v) is 8.19. The van der Waals surface area contributed by atoms with Gasteiger partial charge in [0, 0.05) is 24.5 Å². The maximum Gasteiger partial charge on any atom is 0.252 e. The van der Waals surface area contributed by atoms with Gasteiger partial charge in [-0.15, -0.1) is 11.3 Å². The summed E-state index contributed by atoms with van der Waals surface area (Å²) in [6, 6.07) is 3.35. The predicted octanol–water partition coefficient (Wildman–Crippen LogP) is 1.60. The lowest BCUT2D eigenvalue weighted by atomic mass is 10.3. The molecule has 1 saturated heterocycles. The van der Waals surface area contributed by atoms with Crippen LogP contribution in [0.5, 0.6) is 0 Å². The minimum atomic E-state index is -3.35. The molecule has 0 spiro atoms. The van der Waals surface area contributed by atoms with E-state index in [0.717, 1.165) is 24.1 Å². The molecule has 1 aromatic heterocycles. The fourth-order valence-electron chi connectivity index (χ4n) is 2.13. The minimum Gasteiger partial charge on any atom is -0.356 e. The summed E-state index contributed by atoms with van der Waals surface area (Å²) in [5, 5.41) is 2.79. The zero-order valence-corrected chi connectivity index (χ0v) is 13.2. The number of carbonyl (C=O) groups excluding carboxylic acids is 1. The fourth-order valence-corrected chi connectivity index (χ4v) is 5.16. The van der Waals surface area contributed by atoms with Gasteiger partial charge in [-0.3, -0.25) is 4.79 Å². The highest BCUT2D eigenvalue weighted by Crippen LogP contribution is 2.27. The molecule has 1 amide bonds. The van der Waals surface area contributed by atoms with Crippen molar-refractivity contribution in [1.82, 2.24) is 9.62 Å². The maximum atomic E-state index is 12.3. The SMILES string of the molecule is CCCNC(=O)Cc1ccc(S(=O)(=O)N2CCCC2)s1. The molecule has 0 atom stereocenters. The summed E-state index contributed by atoms with van der Waals surface area (Å²) in [5.41, 5.74) is 0. The second kappa shape index (κ2) is 6.69. The van der Waals surface area contributed by atoms with Crippen LogP contribution in [-0.4, -0.2) is 38.3 Å². The molecule has 1 N–H and O–H groups in total. The standard InChI is InChI=1S/C13H20N2O3S2/c1-2-7-14-12(16)10-11-5-6-13(19-11)20(17,18)15-8-3-4-9-15/h5-6H,2-4,7-10H2,1H3,(H,14,16). The van der Waals surface area contributed by atoms with Crippen LogP contribution in [0, 0.1) is 0 Å². The molecule has 20 heavy (non-hydrogen) atoms. The summed E-state index contributed by atoms with van der Waals surface area (Å²) in [4.78, 5) is 12.4. The highest BCUT2D eigenvalue weighted by molar-refractivity contribution is 7.91. The van der Waals surface area contributed by atoms with Crippen LogP contribution in [0.1, 0.15) is 31.1 Å². The van der Waals surface area contributed by atoms with E-state index in [-0.39, 0.29) is 12.3 Å². The van der Waals surface area contributed by atoms with Crippen molar-refractivity contribution in [2.24, 2.45) is 0 Å². The molecule has 0 radical (unpaired) electrons. The van der Waals surface area contributed by atoms with Crippen LogP contribution in [0.3, 0.4) is 0 Å². The van der Waals surface area contributed by atoms with E-state index in [2.05, 4.69) is 5.32 Å². The van der Waals surface area contributed by atoms with E-state index in [9.17, 15) is 13.2 Å². The summed E-state index contributed by atoms with van der Waals surface area (Å²) in [7, 11) is -3.35. The van der Waals surface area contributed by atoms with Crippen LogP contribution >= 0.6 is 11.3 Å². The molecule has 1 aromatic rings. The largest absolute Gasteiger partial charge is 0.356 e. The molecule has 112 valence electrons. The number of hydrogen-bond donors (Lipinski definition) is 1. The smallest absolute Gasteiger partial charge is 0.252 e. The average Bonchev–Trinajstić information content (AvgIpc) is 3.07. The Balaban J connectivity index is 2.03. The summed E-state index contributed by atoms with van der Waals surface area (Å²) < 4.78 is 26.6. The Morgan fingerprint density at radius 2 is 2.05 bits per heavy atom. The first-order valence-corrected chi connectivity index (χ1v) is 9.15. The van der Waals surface area contributed by atoms with Crippen molar-refractivity contribution in [3.63, 3.8) is 0 Å². The second-order valence-electron chi connectivity index (χ2n) is 4.86.